The lowest BCUT2D eigenvalue weighted by Gasteiger charge is -2.23. The summed E-state index contributed by atoms with van der Waals surface area (Å²) in [6, 6.07) is 13.7. The lowest BCUT2D eigenvalue weighted by atomic mass is 10.2. The van der Waals surface area contributed by atoms with Crippen LogP contribution in [0.15, 0.2) is 48.5 Å². The lowest BCUT2D eigenvalue weighted by molar-refractivity contribution is -0.122. The molecule has 7 heteroatoms. The van der Waals surface area contributed by atoms with Gasteiger partial charge >= 0.3 is 0 Å². The quantitative estimate of drug-likeness (QED) is 0.723. The lowest BCUT2D eigenvalue weighted by Crippen LogP contribution is -2.43. The highest BCUT2D eigenvalue weighted by Crippen LogP contribution is 2.20. The van der Waals surface area contributed by atoms with Crippen molar-refractivity contribution in [3.05, 3.63) is 53.6 Å². The molecule has 1 atom stereocenters. The number of rotatable bonds is 8. The monoisotopic (exact) mass is 389 g/mol. The van der Waals surface area contributed by atoms with E-state index in [0.717, 1.165) is 5.75 Å². The van der Waals surface area contributed by atoms with Gasteiger partial charge in [-0.2, -0.15) is 0 Å². The molecule has 0 aliphatic heterocycles. The second-order valence-electron chi connectivity index (χ2n) is 6.07. The van der Waals surface area contributed by atoms with E-state index < -0.39 is 6.04 Å². The number of ether oxygens (including phenoxy) is 1. The summed E-state index contributed by atoms with van der Waals surface area (Å²) in [7, 11) is 1.72. The van der Waals surface area contributed by atoms with Gasteiger partial charge in [-0.05, 0) is 57.3 Å². The third-order valence-corrected chi connectivity index (χ3v) is 4.34. The zero-order valence-electron chi connectivity index (χ0n) is 15.7. The van der Waals surface area contributed by atoms with Crippen LogP contribution in [-0.4, -0.2) is 43.0 Å². The van der Waals surface area contributed by atoms with Crippen LogP contribution in [0, 0.1) is 0 Å². The van der Waals surface area contributed by atoms with Crippen molar-refractivity contribution in [2.45, 2.75) is 19.9 Å². The first kappa shape index (κ1) is 20.7. The molecule has 0 aromatic heterocycles. The molecule has 2 N–H and O–H groups in total. The minimum Gasteiger partial charge on any atom is -0.494 e. The molecule has 0 fully saturated rings. The summed E-state index contributed by atoms with van der Waals surface area (Å²) in [4.78, 5) is 26.3. The molecule has 2 aromatic rings. The van der Waals surface area contributed by atoms with Crippen molar-refractivity contribution in [2.75, 3.05) is 30.8 Å². The maximum absolute atomic E-state index is 12.4. The Morgan fingerprint density at radius 2 is 1.78 bits per heavy atom. The van der Waals surface area contributed by atoms with E-state index in [1.165, 1.54) is 0 Å². The molecule has 0 saturated heterocycles. The van der Waals surface area contributed by atoms with Crippen LogP contribution in [0.4, 0.5) is 11.4 Å². The minimum absolute atomic E-state index is 0.0586. The van der Waals surface area contributed by atoms with Crippen LogP contribution in [0.5, 0.6) is 5.75 Å². The van der Waals surface area contributed by atoms with E-state index in [-0.39, 0.29) is 18.4 Å². The zero-order valence-corrected chi connectivity index (χ0v) is 16.4. The molecule has 0 bridgehead atoms. The Morgan fingerprint density at radius 3 is 2.41 bits per heavy atom. The van der Waals surface area contributed by atoms with Crippen LogP contribution in [0.2, 0.25) is 5.02 Å². The highest BCUT2D eigenvalue weighted by molar-refractivity contribution is 6.33. The number of benzene rings is 2. The minimum atomic E-state index is -0.492. The van der Waals surface area contributed by atoms with Gasteiger partial charge in [-0.25, -0.2) is 0 Å². The van der Waals surface area contributed by atoms with E-state index in [2.05, 4.69) is 10.6 Å². The number of amides is 2. The van der Waals surface area contributed by atoms with Crippen LogP contribution in [0.3, 0.4) is 0 Å². The fourth-order valence-electron chi connectivity index (χ4n) is 2.36. The van der Waals surface area contributed by atoms with E-state index in [4.69, 9.17) is 16.3 Å². The molecule has 0 aliphatic rings. The Balaban J connectivity index is 1.87. The van der Waals surface area contributed by atoms with Crippen LogP contribution in [-0.2, 0) is 9.59 Å². The molecular formula is C20H24ClN3O3. The summed E-state index contributed by atoms with van der Waals surface area (Å²) < 4.78 is 5.38. The molecule has 6 nitrogen and oxygen atoms in total. The molecule has 27 heavy (non-hydrogen) atoms. The molecule has 2 aromatic carbocycles. The van der Waals surface area contributed by atoms with Gasteiger partial charge in [-0.15, -0.1) is 0 Å². The Hall–Kier alpha value is -2.57. The molecule has 0 radical (unpaired) electrons. The number of carbonyl (C=O) groups excluding carboxylic acids is 2. The first-order valence-corrected chi connectivity index (χ1v) is 9.07. The summed E-state index contributed by atoms with van der Waals surface area (Å²) in [6.07, 6.45) is 0. The van der Waals surface area contributed by atoms with E-state index in [1.54, 1.807) is 67.4 Å². The standard InChI is InChI=1S/C20H24ClN3O3/c1-4-27-16-11-9-15(10-12-16)22-20(26)14(2)24(3)13-19(25)23-18-8-6-5-7-17(18)21/h5-12,14H,4,13H2,1-3H3,(H,22,26)(H,23,25). The van der Waals surface area contributed by atoms with Crippen molar-refractivity contribution in [2.24, 2.45) is 0 Å². The van der Waals surface area contributed by atoms with Gasteiger partial charge in [0.2, 0.25) is 11.8 Å². The molecule has 2 rings (SSSR count). The highest BCUT2D eigenvalue weighted by Gasteiger charge is 2.20. The average molecular weight is 390 g/mol. The fraction of sp³-hybridized carbons (Fsp3) is 0.300. The zero-order chi connectivity index (χ0) is 19.8. The number of halogens is 1. The number of hydrogen-bond donors (Lipinski definition) is 2. The second-order valence-corrected chi connectivity index (χ2v) is 6.47. The number of para-hydroxylation sites is 1. The molecule has 1 unspecified atom stereocenters. The molecule has 0 heterocycles. The molecule has 0 spiro atoms. The number of likely N-dealkylation sites (N-methyl/N-ethyl adjacent to an activating group) is 1. The maximum Gasteiger partial charge on any atom is 0.241 e. The first-order chi connectivity index (χ1) is 12.9. The van der Waals surface area contributed by atoms with Gasteiger partial charge in [-0.3, -0.25) is 14.5 Å². The van der Waals surface area contributed by atoms with E-state index in [0.29, 0.717) is 23.0 Å². The van der Waals surface area contributed by atoms with E-state index in [9.17, 15) is 9.59 Å². The maximum atomic E-state index is 12.4. The topological polar surface area (TPSA) is 70.7 Å². The second kappa shape index (κ2) is 9.94. The Kier molecular flexibility index (Phi) is 7.64. The molecule has 144 valence electrons. The van der Waals surface area contributed by atoms with Crippen LogP contribution >= 0.6 is 11.6 Å². The van der Waals surface area contributed by atoms with Crippen molar-refractivity contribution in [3.63, 3.8) is 0 Å². The number of anilines is 2. The van der Waals surface area contributed by atoms with Crippen LogP contribution in [0.1, 0.15) is 13.8 Å². The predicted molar refractivity (Wildman–Crippen MR) is 108 cm³/mol. The summed E-state index contributed by atoms with van der Waals surface area (Å²) >= 11 is 6.04. The molecule has 0 saturated carbocycles. The van der Waals surface area contributed by atoms with Gasteiger partial charge in [0.15, 0.2) is 0 Å². The molecular weight excluding hydrogens is 366 g/mol. The normalized spacial score (nSPS) is 11.7. The summed E-state index contributed by atoms with van der Waals surface area (Å²) in [6.45, 7) is 4.30. The number of hydrogen-bond acceptors (Lipinski definition) is 4. The third kappa shape index (κ3) is 6.27. The first-order valence-electron chi connectivity index (χ1n) is 8.69. The third-order valence-electron chi connectivity index (χ3n) is 4.01. The van der Waals surface area contributed by atoms with Gasteiger partial charge in [0, 0.05) is 5.69 Å². The fourth-order valence-corrected chi connectivity index (χ4v) is 2.55. The van der Waals surface area contributed by atoms with Crippen molar-refractivity contribution < 1.29 is 14.3 Å². The van der Waals surface area contributed by atoms with E-state index >= 15 is 0 Å². The molecule has 0 aliphatic carbocycles. The van der Waals surface area contributed by atoms with Crippen LogP contribution < -0.4 is 15.4 Å². The van der Waals surface area contributed by atoms with Crippen LogP contribution in [0.25, 0.3) is 0 Å². The summed E-state index contributed by atoms with van der Waals surface area (Å²) in [5, 5.41) is 6.05. The molecule has 2 amide bonds. The van der Waals surface area contributed by atoms with Crippen molar-refractivity contribution >= 4 is 34.8 Å². The van der Waals surface area contributed by atoms with Crippen molar-refractivity contribution in [1.82, 2.24) is 4.90 Å². The predicted octanol–water partition coefficient (Wildman–Crippen LogP) is 3.64. The van der Waals surface area contributed by atoms with Gasteiger partial charge in [0.25, 0.3) is 0 Å². The van der Waals surface area contributed by atoms with Gasteiger partial charge in [-0.1, -0.05) is 23.7 Å². The Labute approximate surface area is 164 Å². The average Bonchev–Trinajstić information content (AvgIpc) is 2.64. The summed E-state index contributed by atoms with van der Waals surface area (Å²) in [5.74, 6) is 0.301. The highest BCUT2D eigenvalue weighted by atomic mass is 35.5. The van der Waals surface area contributed by atoms with Gasteiger partial charge in [0.1, 0.15) is 5.75 Å². The van der Waals surface area contributed by atoms with Crippen molar-refractivity contribution in [1.29, 1.82) is 0 Å². The number of nitrogens with zero attached hydrogens (tertiary/aromatic N) is 1. The van der Waals surface area contributed by atoms with E-state index in [1.807, 2.05) is 6.92 Å². The summed E-state index contributed by atoms with van der Waals surface area (Å²) in [5.41, 5.74) is 1.22. The SMILES string of the molecule is CCOc1ccc(NC(=O)C(C)N(C)CC(=O)Nc2ccccc2Cl)cc1. The smallest absolute Gasteiger partial charge is 0.241 e. The number of nitrogens with one attached hydrogen (secondary N) is 2. The van der Waals surface area contributed by atoms with Gasteiger partial charge < -0.3 is 15.4 Å². The van der Waals surface area contributed by atoms with Crippen molar-refractivity contribution in [3.8, 4) is 5.75 Å². The van der Waals surface area contributed by atoms with Gasteiger partial charge in [0.05, 0.1) is 29.9 Å². The Bertz CT molecular complexity index is 780. The Morgan fingerprint density at radius 1 is 1.11 bits per heavy atom. The number of carbonyl (C=O) groups is 2. The largest absolute Gasteiger partial charge is 0.494 e.